The Morgan fingerprint density at radius 2 is 1.88 bits per heavy atom. The van der Waals surface area contributed by atoms with Crippen molar-refractivity contribution >= 4 is 21.8 Å². The maximum atomic E-state index is 11.5. The van der Waals surface area contributed by atoms with Crippen molar-refractivity contribution in [3.05, 3.63) is 0 Å². The summed E-state index contributed by atoms with van der Waals surface area (Å²) >= 11 is 3.40. The predicted octanol–water partition coefficient (Wildman–Crippen LogP) is 4.03. The molecule has 1 N–H and O–H groups in total. The van der Waals surface area contributed by atoms with Gasteiger partial charge in [-0.15, -0.1) is 0 Å². The van der Waals surface area contributed by atoms with Crippen LogP contribution < -0.4 is 5.32 Å². The molecule has 0 saturated carbocycles. The highest BCUT2D eigenvalue weighted by molar-refractivity contribution is 9.09. The normalized spacial score (nSPS) is 12.4. The number of nitrogens with one attached hydrogen (secondary N) is 1. The van der Waals surface area contributed by atoms with Crippen LogP contribution in [0.25, 0.3) is 0 Å². The van der Waals surface area contributed by atoms with Crippen molar-refractivity contribution in [1.82, 2.24) is 5.32 Å². The highest BCUT2D eigenvalue weighted by Crippen LogP contribution is 2.05. The van der Waals surface area contributed by atoms with Crippen molar-refractivity contribution in [2.75, 3.05) is 5.33 Å². The molecule has 0 aromatic heterocycles. The first kappa shape index (κ1) is 16.0. The lowest BCUT2D eigenvalue weighted by molar-refractivity contribution is -0.121. The number of rotatable bonds is 10. The molecular weight excluding hydrogens is 266 g/mol. The average Bonchev–Trinajstić information content (AvgIpc) is 2.26. The Balaban J connectivity index is 3.36. The van der Waals surface area contributed by atoms with E-state index in [0.717, 1.165) is 24.6 Å². The first-order chi connectivity index (χ1) is 7.70. The van der Waals surface area contributed by atoms with Gasteiger partial charge >= 0.3 is 0 Å². The zero-order valence-electron chi connectivity index (χ0n) is 10.7. The first-order valence-corrected chi connectivity index (χ1v) is 7.68. The van der Waals surface area contributed by atoms with Crippen molar-refractivity contribution < 1.29 is 4.79 Å². The number of unbranched alkanes of at least 4 members (excludes halogenated alkanes) is 4. The fourth-order valence-corrected chi connectivity index (χ4v) is 2.02. The van der Waals surface area contributed by atoms with Crippen molar-refractivity contribution in [2.45, 2.75) is 71.3 Å². The molecular formula is C13H26BrNO. The van der Waals surface area contributed by atoms with Gasteiger partial charge in [0.15, 0.2) is 0 Å². The second-order valence-corrected chi connectivity index (χ2v) is 5.26. The van der Waals surface area contributed by atoms with Crippen LogP contribution in [0.1, 0.15) is 65.2 Å². The van der Waals surface area contributed by atoms with Gasteiger partial charge in [-0.2, -0.15) is 0 Å². The summed E-state index contributed by atoms with van der Waals surface area (Å²) in [6.07, 6.45) is 8.93. The smallest absolute Gasteiger partial charge is 0.220 e. The fraction of sp³-hybridized carbons (Fsp3) is 0.923. The topological polar surface area (TPSA) is 29.1 Å². The molecule has 2 nitrogen and oxygen atoms in total. The van der Waals surface area contributed by atoms with E-state index in [4.69, 9.17) is 0 Å². The lowest BCUT2D eigenvalue weighted by atomic mass is 10.1. The van der Waals surface area contributed by atoms with E-state index in [1.165, 1.54) is 25.7 Å². The van der Waals surface area contributed by atoms with Gasteiger partial charge < -0.3 is 5.32 Å². The maximum absolute atomic E-state index is 11.5. The van der Waals surface area contributed by atoms with E-state index in [1.54, 1.807) is 0 Å². The molecule has 16 heavy (non-hydrogen) atoms. The van der Waals surface area contributed by atoms with Gasteiger partial charge in [-0.3, -0.25) is 4.79 Å². The highest BCUT2D eigenvalue weighted by Gasteiger charge is 2.06. The molecule has 0 fully saturated rings. The van der Waals surface area contributed by atoms with Crippen LogP contribution in [0.3, 0.4) is 0 Å². The zero-order chi connectivity index (χ0) is 12.2. The van der Waals surface area contributed by atoms with Crippen LogP contribution in [-0.2, 0) is 4.79 Å². The van der Waals surface area contributed by atoms with E-state index in [2.05, 4.69) is 35.1 Å². The summed E-state index contributed by atoms with van der Waals surface area (Å²) in [5.41, 5.74) is 0. The molecule has 96 valence electrons. The Hall–Kier alpha value is -0.0500. The molecule has 0 heterocycles. The Kier molecular flexibility index (Phi) is 11.4. The minimum absolute atomic E-state index is 0.221. The Morgan fingerprint density at radius 3 is 2.50 bits per heavy atom. The summed E-state index contributed by atoms with van der Waals surface area (Å²) in [7, 11) is 0. The summed E-state index contributed by atoms with van der Waals surface area (Å²) in [4.78, 5) is 11.5. The number of carbonyl (C=O) groups excluding carboxylic acids is 1. The van der Waals surface area contributed by atoms with Crippen LogP contribution >= 0.6 is 15.9 Å². The largest absolute Gasteiger partial charge is 0.354 e. The summed E-state index contributed by atoms with van der Waals surface area (Å²) in [5, 5.41) is 4.06. The van der Waals surface area contributed by atoms with Gasteiger partial charge in [0.05, 0.1) is 0 Å². The molecule has 0 spiro atoms. The van der Waals surface area contributed by atoms with E-state index in [-0.39, 0.29) is 5.91 Å². The van der Waals surface area contributed by atoms with Gasteiger partial charge in [0, 0.05) is 17.8 Å². The SMILES string of the molecule is CCCCCCCC(=O)NC(C)CCCBr. The maximum Gasteiger partial charge on any atom is 0.220 e. The third-order valence-electron chi connectivity index (χ3n) is 2.69. The number of amides is 1. The molecule has 0 saturated heterocycles. The third kappa shape index (κ3) is 10.5. The molecule has 0 aliphatic carbocycles. The predicted molar refractivity (Wildman–Crippen MR) is 74.0 cm³/mol. The molecule has 1 amide bonds. The molecule has 1 unspecified atom stereocenters. The van der Waals surface area contributed by atoms with Crippen LogP contribution in [0.4, 0.5) is 0 Å². The van der Waals surface area contributed by atoms with Gasteiger partial charge in [-0.25, -0.2) is 0 Å². The molecule has 0 aliphatic rings. The molecule has 0 bridgehead atoms. The van der Waals surface area contributed by atoms with Gasteiger partial charge in [-0.1, -0.05) is 48.5 Å². The van der Waals surface area contributed by atoms with E-state index in [1.807, 2.05) is 0 Å². The minimum atomic E-state index is 0.221. The summed E-state index contributed by atoms with van der Waals surface area (Å²) in [5.74, 6) is 0.221. The highest BCUT2D eigenvalue weighted by atomic mass is 79.9. The van der Waals surface area contributed by atoms with E-state index in [0.29, 0.717) is 12.5 Å². The first-order valence-electron chi connectivity index (χ1n) is 6.56. The molecule has 3 heteroatoms. The Labute approximate surface area is 109 Å². The lowest BCUT2D eigenvalue weighted by Crippen LogP contribution is -2.32. The minimum Gasteiger partial charge on any atom is -0.354 e. The third-order valence-corrected chi connectivity index (χ3v) is 3.25. The second kappa shape index (κ2) is 11.4. The monoisotopic (exact) mass is 291 g/mol. The average molecular weight is 292 g/mol. The molecule has 1 atom stereocenters. The van der Waals surface area contributed by atoms with E-state index in [9.17, 15) is 4.79 Å². The summed E-state index contributed by atoms with van der Waals surface area (Å²) in [6.45, 7) is 4.29. The van der Waals surface area contributed by atoms with Crippen molar-refractivity contribution in [3.63, 3.8) is 0 Å². The quantitative estimate of drug-likeness (QED) is 0.478. The molecule has 0 aliphatic heterocycles. The molecule has 0 rings (SSSR count). The van der Waals surface area contributed by atoms with E-state index >= 15 is 0 Å². The van der Waals surface area contributed by atoms with Gasteiger partial charge in [0.2, 0.25) is 5.91 Å². The van der Waals surface area contributed by atoms with Crippen LogP contribution in [0.5, 0.6) is 0 Å². The Bertz CT molecular complexity index is 173. The number of hydrogen-bond donors (Lipinski definition) is 1. The van der Waals surface area contributed by atoms with Crippen LogP contribution in [0, 0.1) is 0 Å². The summed E-state index contributed by atoms with van der Waals surface area (Å²) < 4.78 is 0. The second-order valence-electron chi connectivity index (χ2n) is 4.46. The van der Waals surface area contributed by atoms with Crippen molar-refractivity contribution in [2.24, 2.45) is 0 Å². The van der Waals surface area contributed by atoms with Gasteiger partial charge in [0.1, 0.15) is 0 Å². The van der Waals surface area contributed by atoms with Gasteiger partial charge in [-0.05, 0) is 26.2 Å². The standard InChI is InChI=1S/C13H26BrNO/c1-3-4-5-6-7-10-13(16)15-12(2)9-8-11-14/h12H,3-11H2,1-2H3,(H,15,16). The van der Waals surface area contributed by atoms with Crippen molar-refractivity contribution in [1.29, 1.82) is 0 Å². The molecule has 0 radical (unpaired) electrons. The number of hydrogen-bond acceptors (Lipinski definition) is 1. The zero-order valence-corrected chi connectivity index (χ0v) is 12.3. The number of carbonyl (C=O) groups is 1. The Morgan fingerprint density at radius 1 is 1.19 bits per heavy atom. The van der Waals surface area contributed by atoms with Crippen LogP contribution in [0.15, 0.2) is 0 Å². The van der Waals surface area contributed by atoms with E-state index < -0.39 is 0 Å². The summed E-state index contributed by atoms with van der Waals surface area (Å²) in [6, 6.07) is 0.320. The lowest BCUT2D eigenvalue weighted by Gasteiger charge is -2.12. The fourth-order valence-electron chi connectivity index (χ4n) is 1.69. The van der Waals surface area contributed by atoms with Gasteiger partial charge in [0.25, 0.3) is 0 Å². The molecule has 0 aromatic carbocycles. The van der Waals surface area contributed by atoms with Crippen molar-refractivity contribution in [3.8, 4) is 0 Å². The number of halogens is 1. The van der Waals surface area contributed by atoms with Crippen LogP contribution in [0.2, 0.25) is 0 Å². The van der Waals surface area contributed by atoms with Crippen LogP contribution in [-0.4, -0.2) is 17.3 Å². The molecule has 0 aromatic rings. The number of alkyl halides is 1.